The summed E-state index contributed by atoms with van der Waals surface area (Å²) < 4.78 is 11.0. The molecule has 134 valence electrons. The fourth-order valence-electron chi connectivity index (χ4n) is 2.19. The average Bonchev–Trinajstić information content (AvgIpc) is 2.53. The third kappa shape index (κ3) is 6.10. The zero-order chi connectivity index (χ0) is 18.1. The molecule has 0 atom stereocenters. The minimum atomic E-state index is -1.03. The Morgan fingerprint density at radius 2 is 1.96 bits per heavy atom. The molecule has 0 aliphatic rings. The number of carboxylic acids is 1. The van der Waals surface area contributed by atoms with Gasteiger partial charge in [-0.15, -0.1) is 0 Å². The van der Waals surface area contributed by atoms with E-state index >= 15 is 0 Å². The van der Waals surface area contributed by atoms with Gasteiger partial charge in [0.2, 0.25) is 0 Å². The van der Waals surface area contributed by atoms with Gasteiger partial charge in [-0.05, 0) is 37.0 Å². The van der Waals surface area contributed by atoms with Gasteiger partial charge in [0.25, 0.3) is 5.91 Å². The Morgan fingerprint density at radius 1 is 1.25 bits per heavy atom. The molecule has 0 unspecified atom stereocenters. The molecule has 1 amide bonds. The van der Waals surface area contributed by atoms with Gasteiger partial charge in [0.1, 0.15) is 6.54 Å². The number of carboxylic acid groups (broad SMARTS) is 1. The van der Waals surface area contributed by atoms with E-state index in [1.807, 2.05) is 6.92 Å². The number of ether oxygens (including phenoxy) is 2. The van der Waals surface area contributed by atoms with Crippen molar-refractivity contribution in [3.63, 3.8) is 0 Å². The molecule has 0 saturated heterocycles. The van der Waals surface area contributed by atoms with Crippen LogP contribution >= 0.6 is 0 Å². The highest BCUT2D eigenvalue weighted by Gasteiger charge is 2.19. The topological polar surface area (TPSA) is 76.1 Å². The van der Waals surface area contributed by atoms with Crippen LogP contribution in [0.25, 0.3) is 0 Å². The van der Waals surface area contributed by atoms with Crippen molar-refractivity contribution in [2.75, 3.05) is 26.8 Å². The number of hydrogen-bond acceptors (Lipinski definition) is 4. The van der Waals surface area contributed by atoms with Crippen molar-refractivity contribution in [2.45, 2.75) is 33.6 Å². The Balaban J connectivity index is 2.91. The van der Waals surface area contributed by atoms with Crippen molar-refractivity contribution in [1.82, 2.24) is 4.90 Å². The molecule has 0 aliphatic heterocycles. The van der Waals surface area contributed by atoms with Gasteiger partial charge in [0, 0.05) is 12.1 Å². The maximum absolute atomic E-state index is 12.5. The molecule has 0 bridgehead atoms. The van der Waals surface area contributed by atoms with Crippen molar-refractivity contribution in [3.8, 4) is 11.5 Å². The molecule has 6 nitrogen and oxygen atoms in total. The molecule has 1 N–H and O–H groups in total. The normalized spacial score (nSPS) is 10.5. The molecule has 0 aromatic heterocycles. The molecule has 1 rings (SSSR count). The minimum Gasteiger partial charge on any atom is -0.493 e. The molecule has 0 fully saturated rings. The molecular formula is C18H27NO5. The minimum absolute atomic E-state index is 0.318. The summed E-state index contributed by atoms with van der Waals surface area (Å²) in [6.45, 7) is 6.78. The van der Waals surface area contributed by atoms with Gasteiger partial charge in [-0.3, -0.25) is 9.59 Å². The molecule has 24 heavy (non-hydrogen) atoms. The summed E-state index contributed by atoms with van der Waals surface area (Å²) in [7, 11) is 1.51. The lowest BCUT2D eigenvalue weighted by molar-refractivity contribution is -0.137. The summed E-state index contributed by atoms with van der Waals surface area (Å²) in [5.41, 5.74) is 0.387. The van der Waals surface area contributed by atoms with Crippen molar-refractivity contribution < 1.29 is 24.2 Å². The van der Waals surface area contributed by atoms with E-state index in [0.29, 0.717) is 42.6 Å². The lowest BCUT2D eigenvalue weighted by Crippen LogP contribution is -2.36. The van der Waals surface area contributed by atoms with Gasteiger partial charge in [0.05, 0.1) is 13.7 Å². The molecular weight excluding hydrogens is 310 g/mol. The highest BCUT2D eigenvalue weighted by molar-refractivity contribution is 5.96. The van der Waals surface area contributed by atoms with Crippen LogP contribution in [-0.4, -0.2) is 48.7 Å². The smallest absolute Gasteiger partial charge is 0.323 e. The Hall–Kier alpha value is -2.24. The molecule has 1 aromatic rings. The molecule has 0 aliphatic carbocycles. The van der Waals surface area contributed by atoms with Gasteiger partial charge in [-0.25, -0.2) is 0 Å². The van der Waals surface area contributed by atoms with E-state index in [9.17, 15) is 9.59 Å². The summed E-state index contributed by atoms with van der Waals surface area (Å²) >= 11 is 0. The first-order valence-corrected chi connectivity index (χ1v) is 8.20. The average molecular weight is 337 g/mol. The fraction of sp³-hybridized carbons (Fsp3) is 0.556. The summed E-state index contributed by atoms with van der Waals surface area (Å²) in [6, 6.07) is 4.93. The van der Waals surface area contributed by atoms with Gasteiger partial charge >= 0.3 is 5.97 Å². The third-order valence-corrected chi connectivity index (χ3v) is 3.47. The summed E-state index contributed by atoms with van der Waals surface area (Å²) in [5.74, 6) is 0.227. The summed E-state index contributed by atoms with van der Waals surface area (Å²) in [4.78, 5) is 24.8. The number of methoxy groups -OCH3 is 1. The molecule has 0 spiro atoms. The van der Waals surface area contributed by atoms with Crippen LogP contribution in [0.5, 0.6) is 11.5 Å². The van der Waals surface area contributed by atoms with Gasteiger partial charge < -0.3 is 19.5 Å². The number of carbonyl (C=O) groups is 2. The van der Waals surface area contributed by atoms with Crippen LogP contribution < -0.4 is 9.47 Å². The molecule has 0 radical (unpaired) electrons. The van der Waals surface area contributed by atoms with Gasteiger partial charge in [-0.1, -0.05) is 20.8 Å². The van der Waals surface area contributed by atoms with Crippen LogP contribution in [0.1, 0.15) is 44.0 Å². The SMILES string of the molecule is CCCN(CC(=O)O)C(=O)c1ccc(OCCC(C)C)c(OC)c1. The first-order valence-electron chi connectivity index (χ1n) is 8.20. The van der Waals surface area contributed by atoms with Gasteiger partial charge in [-0.2, -0.15) is 0 Å². The van der Waals surface area contributed by atoms with E-state index in [4.69, 9.17) is 14.6 Å². The first-order chi connectivity index (χ1) is 11.4. The lowest BCUT2D eigenvalue weighted by atomic mass is 10.1. The number of hydrogen-bond donors (Lipinski definition) is 1. The van der Waals surface area contributed by atoms with Crippen LogP contribution in [0.15, 0.2) is 18.2 Å². The molecule has 0 saturated carbocycles. The zero-order valence-electron chi connectivity index (χ0n) is 14.9. The van der Waals surface area contributed by atoms with Crippen LogP contribution in [0, 0.1) is 5.92 Å². The number of carbonyl (C=O) groups excluding carboxylic acids is 1. The lowest BCUT2D eigenvalue weighted by Gasteiger charge is -2.20. The number of aliphatic carboxylic acids is 1. The van der Waals surface area contributed by atoms with E-state index < -0.39 is 5.97 Å². The van der Waals surface area contributed by atoms with Crippen molar-refractivity contribution >= 4 is 11.9 Å². The largest absolute Gasteiger partial charge is 0.493 e. The van der Waals surface area contributed by atoms with Crippen LogP contribution in [0.4, 0.5) is 0 Å². The van der Waals surface area contributed by atoms with Crippen LogP contribution in [0.3, 0.4) is 0 Å². The van der Waals surface area contributed by atoms with E-state index in [0.717, 1.165) is 6.42 Å². The van der Waals surface area contributed by atoms with E-state index in [1.54, 1.807) is 18.2 Å². The summed E-state index contributed by atoms with van der Waals surface area (Å²) in [5, 5.41) is 8.95. The standard InChI is InChI=1S/C18H27NO5/c1-5-9-19(12-17(20)21)18(22)14-6-7-15(16(11-14)23-4)24-10-8-13(2)3/h6-7,11,13H,5,8-10,12H2,1-4H3,(H,20,21). The number of amides is 1. The van der Waals surface area contributed by atoms with Crippen molar-refractivity contribution in [3.05, 3.63) is 23.8 Å². The molecule has 6 heteroatoms. The Kier molecular flexibility index (Phi) is 8.09. The van der Waals surface area contributed by atoms with Gasteiger partial charge in [0.15, 0.2) is 11.5 Å². The molecule has 1 aromatic carbocycles. The van der Waals surface area contributed by atoms with Crippen LogP contribution in [0.2, 0.25) is 0 Å². The maximum atomic E-state index is 12.5. The fourth-order valence-corrected chi connectivity index (χ4v) is 2.19. The quantitative estimate of drug-likeness (QED) is 0.710. The molecule has 0 heterocycles. The highest BCUT2D eigenvalue weighted by atomic mass is 16.5. The number of nitrogens with zero attached hydrogens (tertiary/aromatic N) is 1. The van der Waals surface area contributed by atoms with E-state index in [1.165, 1.54) is 12.0 Å². The summed E-state index contributed by atoms with van der Waals surface area (Å²) in [6.07, 6.45) is 1.61. The second-order valence-corrected chi connectivity index (χ2v) is 6.02. The highest BCUT2D eigenvalue weighted by Crippen LogP contribution is 2.29. The zero-order valence-corrected chi connectivity index (χ0v) is 14.9. The Bertz CT molecular complexity index is 556. The number of benzene rings is 1. The third-order valence-electron chi connectivity index (χ3n) is 3.47. The maximum Gasteiger partial charge on any atom is 0.323 e. The Labute approximate surface area is 143 Å². The monoisotopic (exact) mass is 337 g/mol. The van der Waals surface area contributed by atoms with Crippen molar-refractivity contribution in [2.24, 2.45) is 5.92 Å². The Morgan fingerprint density at radius 3 is 2.50 bits per heavy atom. The predicted molar refractivity (Wildman–Crippen MR) is 91.8 cm³/mol. The second kappa shape index (κ2) is 9.80. The van der Waals surface area contributed by atoms with Crippen molar-refractivity contribution in [1.29, 1.82) is 0 Å². The first kappa shape index (κ1) is 19.8. The van der Waals surface area contributed by atoms with E-state index in [-0.39, 0.29) is 12.5 Å². The van der Waals surface area contributed by atoms with E-state index in [2.05, 4.69) is 13.8 Å². The predicted octanol–water partition coefficient (Wildman–Crippen LogP) is 3.06. The second-order valence-electron chi connectivity index (χ2n) is 6.02. The number of rotatable bonds is 10. The van der Waals surface area contributed by atoms with Crippen LogP contribution in [-0.2, 0) is 4.79 Å².